The van der Waals surface area contributed by atoms with Gasteiger partial charge in [-0.1, -0.05) is 12.8 Å². The molecule has 37 heavy (non-hydrogen) atoms. The molecule has 1 aliphatic heterocycles. The molecule has 0 fully saturated rings. The summed E-state index contributed by atoms with van der Waals surface area (Å²) in [7, 11) is 0. The van der Waals surface area contributed by atoms with Gasteiger partial charge in [0.05, 0.1) is 0 Å². The molecule has 4 aromatic heterocycles. The average Bonchev–Trinajstić information content (AvgIpc) is 3.66. The van der Waals surface area contributed by atoms with Gasteiger partial charge in [-0.25, -0.2) is 0 Å². The fourth-order valence-corrected chi connectivity index (χ4v) is 6.25. The Morgan fingerprint density at radius 2 is 0.757 bits per heavy atom. The van der Waals surface area contributed by atoms with Crippen LogP contribution in [0.25, 0.3) is 0 Å². The van der Waals surface area contributed by atoms with Gasteiger partial charge >= 0.3 is 0 Å². The van der Waals surface area contributed by atoms with Crippen LogP contribution in [0.1, 0.15) is 120 Å². The second-order valence-corrected chi connectivity index (χ2v) is 13.3. The minimum absolute atomic E-state index is 0.139. The van der Waals surface area contributed by atoms with Crippen molar-refractivity contribution in [2.24, 2.45) is 0 Å². The number of aromatic amines is 4. The first-order valence-corrected chi connectivity index (χ1v) is 14.4. The lowest BCUT2D eigenvalue weighted by Gasteiger charge is -2.30. The molecule has 198 valence electrons. The van der Waals surface area contributed by atoms with E-state index in [-0.39, 0.29) is 21.7 Å². The lowest BCUT2D eigenvalue weighted by atomic mass is 9.78. The maximum atomic E-state index is 4.44. The smallest absolute Gasteiger partial charge is 0.0475 e. The van der Waals surface area contributed by atoms with Crippen LogP contribution in [0.15, 0.2) is 48.5 Å². The summed E-state index contributed by atoms with van der Waals surface area (Å²) in [5.74, 6) is 0.950. The van der Waals surface area contributed by atoms with Gasteiger partial charge in [0.1, 0.15) is 0 Å². The Morgan fingerprint density at radius 3 is 1.08 bits per heavy atom. The molecule has 5 heterocycles. The summed E-state index contributed by atoms with van der Waals surface area (Å²) in [6.45, 7) is 16.2. The van der Waals surface area contributed by atoms with E-state index in [0.717, 1.165) is 18.6 Å². The molecule has 0 saturated carbocycles. The topological polar surface area (TPSA) is 63.2 Å². The summed E-state index contributed by atoms with van der Waals surface area (Å²) in [6.07, 6.45) is 4.60. The summed E-state index contributed by atoms with van der Waals surface area (Å²) in [4.78, 5) is 15.4. The van der Waals surface area contributed by atoms with Crippen LogP contribution in [0.4, 0.5) is 0 Å². The van der Waals surface area contributed by atoms with Gasteiger partial charge in [0, 0.05) is 67.2 Å². The third-order valence-corrected chi connectivity index (χ3v) is 9.62. The van der Waals surface area contributed by atoms with Crippen molar-refractivity contribution in [3.8, 4) is 0 Å². The zero-order valence-corrected chi connectivity index (χ0v) is 24.5. The number of rotatable bonds is 5. The number of aromatic nitrogens is 4. The fourth-order valence-electron chi connectivity index (χ4n) is 6.03. The fraction of sp³-hybridized carbons (Fsp3) is 0.500. The molecule has 0 amide bonds. The van der Waals surface area contributed by atoms with Crippen LogP contribution in [0.3, 0.4) is 0 Å². The molecule has 0 atom stereocenters. The number of hydrogen-bond donors (Lipinski definition) is 5. The second-order valence-electron chi connectivity index (χ2n) is 12.9. The maximum Gasteiger partial charge on any atom is 0.0475 e. The first-order chi connectivity index (χ1) is 17.4. The van der Waals surface area contributed by atoms with Gasteiger partial charge in [-0.05, 0) is 116 Å². The number of hydrogen-bond acceptors (Lipinski definition) is 1. The van der Waals surface area contributed by atoms with E-state index in [1.807, 2.05) is 0 Å². The third-order valence-electron chi connectivity index (χ3n) is 9.31. The molecule has 5 rings (SSSR count). The number of fused-ring (bicyclic) bond motifs is 8. The lowest BCUT2D eigenvalue weighted by Crippen LogP contribution is -2.28. The van der Waals surface area contributed by atoms with Crippen molar-refractivity contribution in [2.45, 2.75) is 95.8 Å². The van der Waals surface area contributed by atoms with Crippen molar-refractivity contribution in [2.75, 3.05) is 5.75 Å². The van der Waals surface area contributed by atoms with Gasteiger partial charge in [-0.3, -0.25) is 0 Å². The zero-order chi connectivity index (χ0) is 26.6. The highest BCUT2D eigenvalue weighted by Gasteiger charge is 2.37. The van der Waals surface area contributed by atoms with E-state index < -0.39 is 0 Å². The first-order valence-electron chi connectivity index (χ1n) is 13.8. The monoisotopic (exact) mass is 516 g/mol. The van der Waals surface area contributed by atoms with E-state index in [1.54, 1.807) is 0 Å². The largest absolute Gasteiger partial charge is 0.361 e. The molecule has 1 aliphatic rings. The highest BCUT2D eigenvalue weighted by atomic mass is 32.1. The van der Waals surface area contributed by atoms with Crippen molar-refractivity contribution in [3.05, 3.63) is 94.1 Å². The molecule has 4 nitrogen and oxygen atoms in total. The quantitative estimate of drug-likeness (QED) is 0.131. The number of thiol groups is 1. The normalized spacial score (nSPS) is 19.1. The Labute approximate surface area is 227 Å². The minimum Gasteiger partial charge on any atom is -0.361 e. The van der Waals surface area contributed by atoms with Crippen molar-refractivity contribution in [1.82, 2.24) is 19.9 Å². The molecule has 4 aromatic rings. The maximum absolute atomic E-state index is 4.44. The van der Waals surface area contributed by atoms with E-state index in [9.17, 15) is 0 Å². The lowest BCUT2D eigenvalue weighted by molar-refractivity contribution is 0.458. The van der Waals surface area contributed by atoms with Crippen LogP contribution in [0.2, 0.25) is 0 Å². The summed E-state index contributed by atoms with van der Waals surface area (Å²) in [6, 6.07) is 18.2. The highest BCUT2D eigenvalue weighted by Crippen LogP contribution is 2.42. The SMILES string of the molecule is CC1(C)c2ccc([nH]2)C(C)(C)c2ccc([nH]2)C(C)(CCCCCS)c2ccc([nH]2)C(C)(C)c2ccc1[nH]2. The Balaban J connectivity index is 1.69. The summed E-state index contributed by atoms with van der Waals surface area (Å²) >= 11 is 4.44. The molecule has 0 radical (unpaired) electrons. The number of nitrogens with one attached hydrogen (secondary N) is 4. The Bertz CT molecular complexity index is 1280. The highest BCUT2D eigenvalue weighted by molar-refractivity contribution is 7.80. The van der Waals surface area contributed by atoms with Gasteiger partial charge in [0.15, 0.2) is 0 Å². The Kier molecular flexibility index (Phi) is 6.38. The van der Waals surface area contributed by atoms with Crippen LogP contribution in [0, 0.1) is 0 Å². The van der Waals surface area contributed by atoms with Gasteiger partial charge in [0.25, 0.3) is 0 Å². The molecule has 0 saturated heterocycles. The molecular weight excluding hydrogens is 472 g/mol. The van der Waals surface area contributed by atoms with Crippen LogP contribution >= 0.6 is 12.6 Å². The van der Waals surface area contributed by atoms with E-state index in [2.05, 4.69) is 130 Å². The average molecular weight is 517 g/mol. The molecular formula is C32H44N4S. The molecule has 0 spiro atoms. The molecule has 0 aliphatic carbocycles. The molecule has 0 unspecified atom stereocenters. The van der Waals surface area contributed by atoms with E-state index >= 15 is 0 Å². The number of unbranched alkanes of at least 4 members (excludes halogenated alkanes) is 2. The Morgan fingerprint density at radius 1 is 0.459 bits per heavy atom. The molecule has 5 heteroatoms. The van der Waals surface area contributed by atoms with Crippen molar-refractivity contribution >= 4 is 12.6 Å². The van der Waals surface area contributed by atoms with Crippen molar-refractivity contribution < 1.29 is 0 Å². The van der Waals surface area contributed by atoms with Gasteiger partial charge in [0.2, 0.25) is 0 Å². The zero-order valence-electron chi connectivity index (χ0n) is 23.6. The van der Waals surface area contributed by atoms with Crippen LogP contribution in [-0.4, -0.2) is 25.7 Å². The summed E-state index contributed by atoms with van der Waals surface area (Å²) < 4.78 is 0. The first kappa shape index (κ1) is 26.1. The predicted octanol–water partition coefficient (Wildman–Crippen LogP) is 8.09. The van der Waals surface area contributed by atoms with E-state index in [0.29, 0.717) is 0 Å². The van der Waals surface area contributed by atoms with Crippen molar-refractivity contribution in [3.63, 3.8) is 0 Å². The summed E-state index contributed by atoms with van der Waals surface area (Å²) in [5.41, 5.74) is 9.22. The van der Waals surface area contributed by atoms with Crippen LogP contribution in [0.5, 0.6) is 0 Å². The standard InChI is InChI=1S/C32H44N4S/c1-29(2)21-11-13-23(33-21)30(3,4)25-15-17-27(35-25)32(7,19-9-8-10-20-37)28-18-16-26(36-28)31(5,6)24-14-12-22(29)34-24/h11-18,33-37H,8-10,19-20H2,1-7H3. The molecule has 4 N–H and O–H groups in total. The van der Waals surface area contributed by atoms with Crippen molar-refractivity contribution in [1.29, 1.82) is 0 Å². The summed E-state index contributed by atoms with van der Waals surface area (Å²) in [5, 5.41) is 0. The van der Waals surface area contributed by atoms with Gasteiger partial charge < -0.3 is 19.9 Å². The van der Waals surface area contributed by atoms with Gasteiger partial charge in [-0.2, -0.15) is 12.6 Å². The minimum atomic E-state index is -0.180. The second kappa shape index (κ2) is 9.04. The number of H-pyrrole nitrogens is 4. The third kappa shape index (κ3) is 4.24. The van der Waals surface area contributed by atoms with E-state index in [4.69, 9.17) is 0 Å². The van der Waals surface area contributed by atoms with Crippen LogP contribution < -0.4 is 0 Å². The molecule has 8 bridgehead atoms. The van der Waals surface area contributed by atoms with E-state index in [1.165, 1.54) is 58.4 Å². The van der Waals surface area contributed by atoms with Crippen LogP contribution in [-0.2, 0) is 21.7 Å². The Hall–Kier alpha value is -2.53. The molecule has 0 aromatic carbocycles. The van der Waals surface area contributed by atoms with Gasteiger partial charge in [-0.15, -0.1) is 0 Å². The predicted molar refractivity (Wildman–Crippen MR) is 158 cm³/mol.